The first-order valence-electron chi connectivity index (χ1n) is 13.5. The number of hydrogen-bond donors (Lipinski definition) is 1. The summed E-state index contributed by atoms with van der Waals surface area (Å²) in [5.74, 6) is 2.41. The molecule has 1 aliphatic carbocycles. The molecule has 0 fully saturated rings. The van der Waals surface area contributed by atoms with E-state index >= 15 is 0 Å². The third-order valence-electron chi connectivity index (χ3n) is 7.46. The number of para-hydroxylation sites is 1. The summed E-state index contributed by atoms with van der Waals surface area (Å²) >= 11 is 5.99. The molecule has 6 rings (SSSR count). The van der Waals surface area contributed by atoms with E-state index in [0.717, 1.165) is 23.2 Å². The molecular formula is C34H31ClN2O2. The van der Waals surface area contributed by atoms with Gasteiger partial charge in [-0.25, -0.2) is 0 Å². The highest BCUT2D eigenvalue weighted by atomic mass is 35.5. The number of ether oxygens (including phenoxy) is 2. The van der Waals surface area contributed by atoms with Crippen molar-refractivity contribution in [1.82, 2.24) is 0 Å². The summed E-state index contributed by atoms with van der Waals surface area (Å²) in [6, 6.07) is 31.1. The second-order valence-electron chi connectivity index (χ2n) is 9.97. The maximum atomic E-state index is 6.03. The molecule has 4 nitrogen and oxygen atoms in total. The number of allylic oxidation sites excluding steroid dienone is 2. The van der Waals surface area contributed by atoms with Crippen molar-refractivity contribution in [1.29, 1.82) is 0 Å². The molecule has 39 heavy (non-hydrogen) atoms. The first-order chi connectivity index (χ1) is 19.2. The summed E-state index contributed by atoms with van der Waals surface area (Å²) < 4.78 is 11.9. The molecule has 2 aliphatic rings. The lowest BCUT2D eigenvalue weighted by Crippen LogP contribution is -2.28. The van der Waals surface area contributed by atoms with Gasteiger partial charge in [-0.05, 0) is 90.0 Å². The topological polar surface area (TPSA) is 42.8 Å². The molecule has 196 valence electrons. The van der Waals surface area contributed by atoms with Gasteiger partial charge in [-0.1, -0.05) is 66.2 Å². The first kappa shape index (κ1) is 25.3. The number of halogens is 1. The van der Waals surface area contributed by atoms with Crippen LogP contribution in [0.1, 0.15) is 47.6 Å². The molecule has 1 N–H and O–H groups in total. The van der Waals surface area contributed by atoms with Crippen molar-refractivity contribution >= 4 is 29.2 Å². The number of nitrogens with zero attached hydrogens (tertiary/aromatic N) is 1. The summed E-state index contributed by atoms with van der Waals surface area (Å²) in [6.07, 6.45) is 7.67. The number of nitrogens with one attached hydrogen (secondary N) is 1. The van der Waals surface area contributed by atoms with Crippen LogP contribution in [0, 0.1) is 5.92 Å². The predicted molar refractivity (Wildman–Crippen MR) is 160 cm³/mol. The van der Waals surface area contributed by atoms with Gasteiger partial charge < -0.3 is 14.8 Å². The zero-order valence-electron chi connectivity index (χ0n) is 21.9. The third kappa shape index (κ3) is 5.57. The Morgan fingerprint density at radius 3 is 2.56 bits per heavy atom. The van der Waals surface area contributed by atoms with Gasteiger partial charge in [0.25, 0.3) is 0 Å². The Hall–Kier alpha value is -4.02. The number of rotatable bonds is 8. The van der Waals surface area contributed by atoms with Crippen LogP contribution in [0.5, 0.6) is 11.5 Å². The van der Waals surface area contributed by atoms with Crippen LogP contribution in [-0.4, -0.2) is 12.8 Å². The van der Waals surface area contributed by atoms with Crippen molar-refractivity contribution in [2.24, 2.45) is 10.9 Å². The summed E-state index contributed by atoms with van der Waals surface area (Å²) in [4.78, 5) is 4.73. The van der Waals surface area contributed by atoms with E-state index in [-0.39, 0.29) is 6.04 Å². The summed E-state index contributed by atoms with van der Waals surface area (Å²) in [5, 5.41) is 4.51. The highest BCUT2D eigenvalue weighted by Gasteiger charge is 2.37. The molecule has 3 atom stereocenters. The quantitative estimate of drug-likeness (QED) is 0.181. The van der Waals surface area contributed by atoms with Gasteiger partial charge in [0.15, 0.2) is 11.5 Å². The molecule has 4 aromatic carbocycles. The highest BCUT2D eigenvalue weighted by molar-refractivity contribution is 6.30. The normalized spacial score (nSPS) is 19.4. The second-order valence-corrected chi connectivity index (χ2v) is 10.4. The molecule has 0 radical (unpaired) electrons. The number of benzene rings is 4. The minimum atomic E-state index is 0.284. The van der Waals surface area contributed by atoms with Crippen molar-refractivity contribution < 1.29 is 9.47 Å². The van der Waals surface area contributed by atoms with Gasteiger partial charge in [0.1, 0.15) is 6.61 Å². The summed E-state index contributed by atoms with van der Waals surface area (Å²) in [6.45, 7) is 2.96. The van der Waals surface area contributed by atoms with Gasteiger partial charge in [0.2, 0.25) is 0 Å². The molecule has 1 heterocycles. The fraction of sp³-hybridized carbons (Fsp3) is 0.206. The average Bonchev–Trinajstić information content (AvgIpc) is 3.47. The van der Waals surface area contributed by atoms with Crippen LogP contribution >= 0.6 is 11.6 Å². The molecule has 0 bridgehead atoms. The third-order valence-corrected chi connectivity index (χ3v) is 7.71. The van der Waals surface area contributed by atoms with Gasteiger partial charge in [-0.2, -0.15) is 0 Å². The van der Waals surface area contributed by atoms with E-state index in [1.165, 1.54) is 16.8 Å². The fourth-order valence-electron chi connectivity index (χ4n) is 5.52. The molecule has 4 aromatic rings. The molecule has 0 unspecified atom stereocenters. The molecule has 5 heteroatoms. The average molecular weight is 535 g/mol. The summed E-state index contributed by atoms with van der Waals surface area (Å²) in [7, 11) is 0. The standard InChI is InChI=1S/C34H31ClN2O2/c1-2-38-33-20-24(12-19-32(33)39-22-23-10-15-26(35)16-11-23)21-36-27-17-13-25(14-18-27)34-30-8-5-7-28(30)29-6-3-4-9-31(29)37-34/h3-7,9-21,28,30,34,37H,2,8,22H2,1H3/t28-,30+,34+/m1/s1. The van der Waals surface area contributed by atoms with E-state index in [1.54, 1.807) is 0 Å². The highest BCUT2D eigenvalue weighted by Crippen LogP contribution is 2.49. The molecule has 1 aliphatic heterocycles. The van der Waals surface area contributed by atoms with Crippen LogP contribution in [0.2, 0.25) is 5.02 Å². The Morgan fingerprint density at radius 1 is 0.923 bits per heavy atom. The largest absolute Gasteiger partial charge is 0.490 e. The van der Waals surface area contributed by atoms with Gasteiger partial charge >= 0.3 is 0 Å². The summed E-state index contributed by atoms with van der Waals surface area (Å²) in [5.41, 5.74) is 6.85. The van der Waals surface area contributed by atoms with Crippen LogP contribution in [0.3, 0.4) is 0 Å². The van der Waals surface area contributed by atoms with E-state index in [2.05, 4.69) is 66.0 Å². The lowest BCUT2D eigenvalue weighted by Gasteiger charge is -2.37. The number of fused-ring (bicyclic) bond motifs is 3. The zero-order chi connectivity index (χ0) is 26.6. The van der Waals surface area contributed by atoms with E-state index in [1.807, 2.05) is 55.6 Å². The minimum Gasteiger partial charge on any atom is -0.490 e. The van der Waals surface area contributed by atoms with Gasteiger partial charge in [0.05, 0.1) is 18.3 Å². The second kappa shape index (κ2) is 11.4. The van der Waals surface area contributed by atoms with E-state index in [4.69, 9.17) is 26.1 Å². The SMILES string of the molecule is CCOc1cc(C=Nc2ccc([C@@H]3Nc4ccccc4[C@H]4C=CC[C@@H]43)cc2)ccc1OCc1ccc(Cl)cc1. The van der Waals surface area contributed by atoms with E-state index < -0.39 is 0 Å². The van der Waals surface area contributed by atoms with Crippen molar-refractivity contribution in [2.75, 3.05) is 11.9 Å². The smallest absolute Gasteiger partial charge is 0.161 e. The first-order valence-corrected chi connectivity index (χ1v) is 13.9. The van der Waals surface area contributed by atoms with Gasteiger partial charge in [0, 0.05) is 22.8 Å². The molecule has 0 amide bonds. The maximum Gasteiger partial charge on any atom is 0.161 e. The fourth-order valence-corrected chi connectivity index (χ4v) is 5.65. The lowest BCUT2D eigenvalue weighted by molar-refractivity contribution is 0.269. The molecular weight excluding hydrogens is 504 g/mol. The Balaban J connectivity index is 1.15. The monoisotopic (exact) mass is 534 g/mol. The van der Waals surface area contributed by atoms with Crippen molar-refractivity contribution in [3.8, 4) is 11.5 Å². The Morgan fingerprint density at radius 2 is 1.74 bits per heavy atom. The van der Waals surface area contributed by atoms with Gasteiger partial charge in [-0.3, -0.25) is 4.99 Å². The molecule has 0 saturated heterocycles. The van der Waals surface area contributed by atoms with Crippen LogP contribution in [-0.2, 0) is 6.61 Å². The molecule has 0 aromatic heterocycles. The van der Waals surface area contributed by atoms with Crippen LogP contribution in [0.25, 0.3) is 0 Å². The van der Waals surface area contributed by atoms with Crippen LogP contribution in [0.4, 0.5) is 11.4 Å². The van der Waals surface area contributed by atoms with Crippen LogP contribution < -0.4 is 14.8 Å². The maximum absolute atomic E-state index is 6.03. The van der Waals surface area contributed by atoms with Crippen molar-refractivity contribution in [3.63, 3.8) is 0 Å². The predicted octanol–water partition coefficient (Wildman–Crippen LogP) is 8.89. The number of hydrogen-bond acceptors (Lipinski definition) is 4. The Labute approximate surface area is 235 Å². The molecule has 0 saturated carbocycles. The zero-order valence-corrected chi connectivity index (χ0v) is 22.6. The molecule has 0 spiro atoms. The van der Waals surface area contributed by atoms with Crippen LogP contribution in [0.15, 0.2) is 108 Å². The van der Waals surface area contributed by atoms with Gasteiger partial charge in [-0.15, -0.1) is 0 Å². The lowest BCUT2D eigenvalue weighted by atomic mass is 9.77. The van der Waals surface area contributed by atoms with E-state index in [0.29, 0.717) is 41.6 Å². The number of aliphatic imine (C=N–C) groups is 1. The minimum absolute atomic E-state index is 0.284. The Kier molecular flexibility index (Phi) is 7.38. The number of anilines is 1. The van der Waals surface area contributed by atoms with Crippen molar-refractivity contribution in [2.45, 2.75) is 31.9 Å². The van der Waals surface area contributed by atoms with E-state index in [9.17, 15) is 0 Å². The Bertz CT molecular complexity index is 1490. The van der Waals surface area contributed by atoms with Crippen molar-refractivity contribution in [3.05, 3.63) is 130 Å².